The van der Waals surface area contributed by atoms with E-state index in [-0.39, 0.29) is 5.91 Å². The molecular formula is C13H9BrCl2N2O. The Kier molecular flexibility index (Phi) is 4.34. The van der Waals surface area contributed by atoms with Crippen molar-refractivity contribution in [2.45, 2.75) is 0 Å². The molecule has 2 rings (SSSR count). The van der Waals surface area contributed by atoms with Gasteiger partial charge in [-0.05, 0) is 52.3 Å². The zero-order valence-electron chi connectivity index (χ0n) is 9.58. The molecule has 0 spiro atoms. The molecule has 0 saturated carbocycles. The SMILES string of the molecule is Nc1cc(NC(=O)c2ccc(Cl)cc2Br)ccc1Cl. The molecule has 0 fully saturated rings. The van der Waals surface area contributed by atoms with Gasteiger partial charge in [0.05, 0.1) is 16.3 Å². The number of carbonyl (C=O) groups excluding carboxylic acids is 1. The Morgan fingerprint density at radius 1 is 1.16 bits per heavy atom. The second-order valence-electron chi connectivity index (χ2n) is 3.81. The van der Waals surface area contributed by atoms with E-state index in [1.807, 2.05) is 0 Å². The molecule has 0 aromatic heterocycles. The molecule has 0 saturated heterocycles. The highest BCUT2D eigenvalue weighted by atomic mass is 79.9. The maximum absolute atomic E-state index is 12.1. The van der Waals surface area contributed by atoms with Gasteiger partial charge in [0.1, 0.15) is 0 Å². The third kappa shape index (κ3) is 3.41. The smallest absolute Gasteiger partial charge is 0.256 e. The lowest BCUT2D eigenvalue weighted by Gasteiger charge is -2.08. The van der Waals surface area contributed by atoms with E-state index < -0.39 is 0 Å². The van der Waals surface area contributed by atoms with Crippen LogP contribution in [0, 0.1) is 0 Å². The topological polar surface area (TPSA) is 55.1 Å². The summed E-state index contributed by atoms with van der Waals surface area (Å²) in [5.74, 6) is -0.259. The van der Waals surface area contributed by atoms with Crippen LogP contribution in [0.25, 0.3) is 0 Å². The molecule has 1 amide bonds. The van der Waals surface area contributed by atoms with Gasteiger partial charge < -0.3 is 11.1 Å². The molecule has 0 aliphatic carbocycles. The van der Waals surface area contributed by atoms with Crippen molar-refractivity contribution in [1.82, 2.24) is 0 Å². The monoisotopic (exact) mass is 358 g/mol. The summed E-state index contributed by atoms with van der Waals surface area (Å²) in [4.78, 5) is 12.1. The van der Waals surface area contributed by atoms with Crippen LogP contribution in [0.1, 0.15) is 10.4 Å². The van der Waals surface area contributed by atoms with Gasteiger partial charge in [0.25, 0.3) is 5.91 Å². The number of nitrogen functional groups attached to an aromatic ring is 1. The van der Waals surface area contributed by atoms with Crippen molar-refractivity contribution < 1.29 is 4.79 Å². The highest BCUT2D eigenvalue weighted by Crippen LogP contribution is 2.25. The quantitative estimate of drug-likeness (QED) is 0.770. The molecule has 0 aliphatic heterocycles. The van der Waals surface area contributed by atoms with Gasteiger partial charge in [0, 0.05) is 15.2 Å². The van der Waals surface area contributed by atoms with Gasteiger partial charge in [-0.1, -0.05) is 23.2 Å². The third-order valence-electron chi connectivity index (χ3n) is 2.43. The van der Waals surface area contributed by atoms with E-state index in [0.717, 1.165) is 0 Å². The summed E-state index contributed by atoms with van der Waals surface area (Å²) in [5.41, 5.74) is 7.15. The summed E-state index contributed by atoms with van der Waals surface area (Å²) in [6.07, 6.45) is 0. The normalized spacial score (nSPS) is 10.3. The van der Waals surface area contributed by atoms with E-state index in [1.54, 1.807) is 36.4 Å². The van der Waals surface area contributed by atoms with Crippen molar-refractivity contribution in [2.24, 2.45) is 0 Å². The molecule has 0 unspecified atom stereocenters. The molecule has 0 atom stereocenters. The fourth-order valence-corrected chi connectivity index (χ4v) is 2.47. The van der Waals surface area contributed by atoms with Crippen molar-refractivity contribution in [3.63, 3.8) is 0 Å². The predicted molar refractivity (Wildman–Crippen MR) is 83.0 cm³/mol. The maximum Gasteiger partial charge on any atom is 0.256 e. The van der Waals surface area contributed by atoms with Crippen molar-refractivity contribution >= 4 is 56.4 Å². The van der Waals surface area contributed by atoms with Crippen LogP contribution in [0.3, 0.4) is 0 Å². The van der Waals surface area contributed by atoms with Crippen LogP contribution in [-0.4, -0.2) is 5.91 Å². The molecule has 19 heavy (non-hydrogen) atoms. The van der Waals surface area contributed by atoms with Crippen LogP contribution in [-0.2, 0) is 0 Å². The Morgan fingerprint density at radius 3 is 2.53 bits per heavy atom. The van der Waals surface area contributed by atoms with Gasteiger partial charge in [-0.25, -0.2) is 0 Å². The fraction of sp³-hybridized carbons (Fsp3) is 0. The van der Waals surface area contributed by atoms with Gasteiger partial charge in [0.2, 0.25) is 0 Å². The fourth-order valence-electron chi connectivity index (χ4n) is 1.49. The molecule has 3 N–H and O–H groups in total. The van der Waals surface area contributed by atoms with Crippen LogP contribution >= 0.6 is 39.1 Å². The first-order valence-electron chi connectivity index (χ1n) is 5.29. The van der Waals surface area contributed by atoms with Gasteiger partial charge >= 0.3 is 0 Å². The van der Waals surface area contributed by atoms with E-state index in [2.05, 4.69) is 21.2 Å². The Morgan fingerprint density at radius 2 is 1.89 bits per heavy atom. The summed E-state index contributed by atoms with van der Waals surface area (Å²) in [5, 5.41) is 3.74. The average molecular weight is 360 g/mol. The van der Waals surface area contributed by atoms with Crippen molar-refractivity contribution in [1.29, 1.82) is 0 Å². The van der Waals surface area contributed by atoms with Crippen LogP contribution < -0.4 is 11.1 Å². The average Bonchev–Trinajstić information content (AvgIpc) is 2.33. The number of carbonyl (C=O) groups is 1. The number of hydrogen-bond acceptors (Lipinski definition) is 2. The number of halogens is 3. The van der Waals surface area contributed by atoms with Crippen LogP contribution in [0.15, 0.2) is 40.9 Å². The summed E-state index contributed by atoms with van der Waals surface area (Å²) < 4.78 is 0.624. The van der Waals surface area contributed by atoms with E-state index in [1.165, 1.54) is 0 Å². The molecule has 0 heterocycles. The number of amides is 1. The van der Waals surface area contributed by atoms with E-state index in [9.17, 15) is 4.79 Å². The molecule has 2 aromatic carbocycles. The zero-order valence-corrected chi connectivity index (χ0v) is 12.7. The predicted octanol–water partition coefficient (Wildman–Crippen LogP) is 4.59. The first kappa shape index (κ1) is 14.2. The summed E-state index contributed by atoms with van der Waals surface area (Å²) in [6, 6.07) is 9.86. The van der Waals surface area contributed by atoms with Gasteiger partial charge in [-0.3, -0.25) is 4.79 Å². The standard InChI is InChI=1S/C13H9BrCl2N2O/c14-10-5-7(15)1-3-9(10)13(19)18-8-2-4-11(16)12(17)6-8/h1-6H,17H2,(H,18,19). The van der Waals surface area contributed by atoms with Gasteiger partial charge in [-0.15, -0.1) is 0 Å². The third-order valence-corrected chi connectivity index (χ3v) is 3.67. The maximum atomic E-state index is 12.1. The highest BCUT2D eigenvalue weighted by Gasteiger charge is 2.11. The minimum Gasteiger partial charge on any atom is -0.397 e. The Balaban J connectivity index is 2.23. The second kappa shape index (κ2) is 5.82. The highest BCUT2D eigenvalue weighted by molar-refractivity contribution is 9.10. The van der Waals surface area contributed by atoms with Crippen LogP contribution in [0.2, 0.25) is 10.0 Å². The first-order valence-corrected chi connectivity index (χ1v) is 6.83. The number of nitrogens with two attached hydrogens (primary N) is 1. The van der Waals surface area contributed by atoms with Crippen LogP contribution in [0.4, 0.5) is 11.4 Å². The number of rotatable bonds is 2. The Bertz CT molecular complexity index is 647. The number of hydrogen-bond donors (Lipinski definition) is 2. The van der Waals surface area contributed by atoms with Crippen LogP contribution in [0.5, 0.6) is 0 Å². The molecule has 0 radical (unpaired) electrons. The minimum atomic E-state index is -0.259. The van der Waals surface area contributed by atoms with Crippen molar-refractivity contribution in [3.05, 3.63) is 56.5 Å². The van der Waals surface area contributed by atoms with Gasteiger partial charge in [-0.2, -0.15) is 0 Å². The minimum absolute atomic E-state index is 0.259. The van der Waals surface area contributed by atoms with Gasteiger partial charge in [0.15, 0.2) is 0 Å². The lowest BCUT2D eigenvalue weighted by atomic mass is 10.2. The lowest BCUT2D eigenvalue weighted by Crippen LogP contribution is -2.12. The van der Waals surface area contributed by atoms with E-state index in [4.69, 9.17) is 28.9 Å². The second-order valence-corrected chi connectivity index (χ2v) is 5.51. The number of nitrogens with one attached hydrogen (secondary N) is 1. The molecule has 0 aliphatic rings. The Hall–Kier alpha value is -1.23. The first-order chi connectivity index (χ1) is 8.97. The largest absolute Gasteiger partial charge is 0.397 e. The number of benzene rings is 2. The molecule has 2 aromatic rings. The molecule has 3 nitrogen and oxygen atoms in total. The molecular weight excluding hydrogens is 351 g/mol. The molecule has 6 heteroatoms. The van der Waals surface area contributed by atoms with E-state index in [0.29, 0.717) is 31.5 Å². The number of anilines is 2. The molecule has 0 bridgehead atoms. The van der Waals surface area contributed by atoms with Crippen molar-refractivity contribution in [3.8, 4) is 0 Å². The molecule has 98 valence electrons. The summed E-state index contributed by atoms with van der Waals surface area (Å²) in [7, 11) is 0. The Labute approximate surface area is 128 Å². The zero-order chi connectivity index (χ0) is 14.0. The lowest BCUT2D eigenvalue weighted by molar-refractivity contribution is 0.102. The summed E-state index contributed by atoms with van der Waals surface area (Å²) in [6.45, 7) is 0. The van der Waals surface area contributed by atoms with Crippen molar-refractivity contribution in [2.75, 3.05) is 11.1 Å². The van der Waals surface area contributed by atoms with E-state index >= 15 is 0 Å². The summed E-state index contributed by atoms with van der Waals surface area (Å²) >= 11 is 14.9.